The molecule has 0 fully saturated rings. The molecule has 0 amide bonds. The summed E-state index contributed by atoms with van der Waals surface area (Å²) >= 11 is 0. The first-order valence-electron chi connectivity index (χ1n) is 6.99. The van der Waals surface area contributed by atoms with Crippen molar-refractivity contribution in [2.45, 2.75) is 32.7 Å². The summed E-state index contributed by atoms with van der Waals surface area (Å²) in [6.45, 7) is 4.36. The topological polar surface area (TPSA) is 12.0 Å². The third kappa shape index (κ3) is 3.68. The standard InChI is InChI=1S/C18H23N/c1-14-9-10-15(2)17(13-14)11-12-18(19-3)16-7-5-4-6-8-16/h4-10,13,18-19H,11-12H2,1-3H3. The van der Waals surface area contributed by atoms with Crippen LogP contribution in [0.4, 0.5) is 0 Å². The predicted octanol–water partition coefficient (Wildman–Crippen LogP) is 4.20. The first kappa shape index (κ1) is 13.8. The van der Waals surface area contributed by atoms with E-state index in [9.17, 15) is 0 Å². The molecule has 2 rings (SSSR count). The monoisotopic (exact) mass is 253 g/mol. The van der Waals surface area contributed by atoms with Crippen molar-refractivity contribution < 1.29 is 0 Å². The Morgan fingerprint density at radius 2 is 1.74 bits per heavy atom. The largest absolute Gasteiger partial charge is 0.313 e. The Hall–Kier alpha value is -1.60. The van der Waals surface area contributed by atoms with Crippen molar-refractivity contribution in [2.24, 2.45) is 0 Å². The van der Waals surface area contributed by atoms with Gasteiger partial charge in [-0.15, -0.1) is 0 Å². The number of rotatable bonds is 5. The lowest BCUT2D eigenvalue weighted by atomic mass is 9.96. The highest BCUT2D eigenvalue weighted by Gasteiger charge is 2.09. The van der Waals surface area contributed by atoms with Crippen molar-refractivity contribution in [3.8, 4) is 0 Å². The Balaban J connectivity index is 2.06. The van der Waals surface area contributed by atoms with Gasteiger partial charge in [0.2, 0.25) is 0 Å². The van der Waals surface area contributed by atoms with E-state index < -0.39 is 0 Å². The van der Waals surface area contributed by atoms with E-state index in [0.29, 0.717) is 6.04 Å². The summed E-state index contributed by atoms with van der Waals surface area (Å²) in [6.07, 6.45) is 2.25. The van der Waals surface area contributed by atoms with Crippen LogP contribution in [0.15, 0.2) is 48.5 Å². The molecule has 0 saturated heterocycles. The van der Waals surface area contributed by atoms with Crippen LogP contribution >= 0.6 is 0 Å². The smallest absolute Gasteiger partial charge is 0.0320 e. The van der Waals surface area contributed by atoms with E-state index in [1.54, 1.807) is 0 Å². The van der Waals surface area contributed by atoms with Crippen LogP contribution in [0.1, 0.15) is 34.7 Å². The lowest BCUT2D eigenvalue weighted by Crippen LogP contribution is -2.17. The molecule has 0 radical (unpaired) electrons. The zero-order chi connectivity index (χ0) is 13.7. The molecule has 0 aliphatic rings. The van der Waals surface area contributed by atoms with E-state index >= 15 is 0 Å². The third-order valence-electron chi connectivity index (χ3n) is 3.76. The Morgan fingerprint density at radius 3 is 2.42 bits per heavy atom. The Labute approximate surface area is 116 Å². The molecule has 0 bridgehead atoms. The fraction of sp³-hybridized carbons (Fsp3) is 0.333. The molecule has 0 aliphatic carbocycles. The highest BCUT2D eigenvalue weighted by atomic mass is 14.9. The molecule has 1 heteroatoms. The van der Waals surface area contributed by atoms with Gasteiger partial charge in [-0.2, -0.15) is 0 Å². The van der Waals surface area contributed by atoms with E-state index in [-0.39, 0.29) is 0 Å². The average Bonchev–Trinajstić information content (AvgIpc) is 2.44. The summed E-state index contributed by atoms with van der Waals surface area (Å²) in [5.41, 5.74) is 5.58. The van der Waals surface area contributed by atoms with Gasteiger partial charge in [-0.25, -0.2) is 0 Å². The van der Waals surface area contributed by atoms with Crippen molar-refractivity contribution in [1.29, 1.82) is 0 Å². The molecule has 0 aromatic heterocycles. The summed E-state index contributed by atoms with van der Waals surface area (Å²) in [5, 5.41) is 3.42. The summed E-state index contributed by atoms with van der Waals surface area (Å²) in [5.74, 6) is 0. The second kappa shape index (κ2) is 6.53. The van der Waals surface area contributed by atoms with Crippen molar-refractivity contribution in [3.05, 3.63) is 70.8 Å². The quantitative estimate of drug-likeness (QED) is 0.842. The van der Waals surface area contributed by atoms with Crippen molar-refractivity contribution in [3.63, 3.8) is 0 Å². The number of hydrogen-bond donors (Lipinski definition) is 1. The average molecular weight is 253 g/mol. The molecule has 0 spiro atoms. The third-order valence-corrected chi connectivity index (χ3v) is 3.76. The molecule has 0 heterocycles. The van der Waals surface area contributed by atoms with Gasteiger partial charge in [0.15, 0.2) is 0 Å². The van der Waals surface area contributed by atoms with E-state index in [2.05, 4.69) is 67.7 Å². The molecular weight excluding hydrogens is 230 g/mol. The predicted molar refractivity (Wildman–Crippen MR) is 82.5 cm³/mol. The van der Waals surface area contributed by atoms with Gasteiger partial charge in [-0.3, -0.25) is 0 Å². The normalized spacial score (nSPS) is 12.4. The SMILES string of the molecule is CNC(CCc1cc(C)ccc1C)c1ccccc1. The Bertz CT molecular complexity index is 516. The first-order valence-corrected chi connectivity index (χ1v) is 6.99. The maximum Gasteiger partial charge on any atom is 0.0320 e. The molecule has 1 atom stereocenters. The molecule has 0 saturated carbocycles. The van der Waals surface area contributed by atoms with Crippen molar-refractivity contribution in [2.75, 3.05) is 7.05 Å². The molecule has 1 nitrogen and oxygen atoms in total. The number of hydrogen-bond acceptors (Lipinski definition) is 1. The van der Waals surface area contributed by atoms with E-state index in [1.165, 1.54) is 22.3 Å². The minimum Gasteiger partial charge on any atom is -0.313 e. The van der Waals surface area contributed by atoms with Crippen LogP contribution in [-0.2, 0) is 6.42 Å². The summed E-state index contributed by atoms with van der Waals surface area (Å²) in [4.78, 5) is 0. The molecule has 100 valence electrons. The molecule has 1 unspecified atom stereocenters. The molecule has 1 N–H and O–H groups in total. The summed E-state index contributed by atoms with van der Waals surface area (Å²) in [7, 11) is 2.04. The van der Waals surface area contributed by atoms with Crippen LogP contribution in [0.3, 0.4) is 0 Å². The molecule has 0 aliphatic heterocycles. The Kier molecular flexibility index (Phi) is 4.75. The summed E-state index contributed by atoms with van der Waals surface area (Å²) in [6, 6.07) is 17.8. The van der Waals surface area contributed by atoms with Crippen LogP contribution in [0.2, 0.25) is 0 Å². The second-order valence-corrected chi connectivity index (χ2v) is 5.22. The minimum absolute atomic E-state index is 0.432. The zero-order valence-corrected chi connectivity index (χ0v) is 12.1. The van der Waals surface area contributed by atoms with Crippen LogP contribution in [0, 0.1) is 13.8 Å². The van der Waals surface area contributed by atoms with Gasteiger partial charge >= 0.3 is 0 Å². The van der Waals surface area contributed by atoms with Crippen LogP contribution in [0.25, 0.3) is 0 Å². The lowest BCUT2D eigenvalue weighted by Gasteiger charge is -2.17. The van der Waals surface area contributed by atoms with Crippen LogP contribution in [0.5, 0.6) is 0 Å². The molecule has 2 aromatic rings. The van der Waals surface area contributed by atoms with Gasteiger partial charge < -0.3 is 5.32 Å². The van der Waals surface area contributed by atoms with Gasteiger partial charge in [0, 0.05) is 6.04 Å². The maximum absolute atomic E-state index is 3.42. The highest BCUT2D eigenvalue weighted by molar-refractivity contribution is 5.31. The van der Waals surface area contributed by atoms with Gasteiger partial charge in [-0.1, -0.05) is 54.1 Å². The fourth-order valence-electron chi connectivity index (χ4n) is 2.53. The van der Waals surface area contributed by atoms with E-state index in [4.69, 9.17) is 0 Å². The zero-order valence-electron chi connectivity index (χ0n) is 12.1. The van der Waals surface area contributed by atoms with Gasteiger partial charge in [0.25, 0.3) is 0 Å². The molecular formula is C18H23N. The van der Waals surface area contributed by atoms with Crippen LogP contribution in [-0.4, -0.2) is 7.05 Å². The number of benzene rings is 2. The number of nitrogens with one attached hydrogen (secondary N) is 1. The van der Waals surface area contributed by atoms with Gasteiger partial charge in [0.1, 0.15) is 0 Å². The highest BCUT2D eigenvalue weighted by Crippen LogP contribution is 2.20. The lowest BCUT2D eigenvalue weighted by molar-refractivity contribution is 0.548. The molecule has 19 heavy (non-hydrogen) atoms. The number of aryl methyl sites for hydroxylation is 3. The van der Waals surface area contributed by atoms with Crippen molar-refractivity contribution >= 4 is 0 Å². The maximum atomic E-state index is 3.42. The van der Waals surface area contributed by atoms with Crippen molar-refractivity contribution in [1.82, 2.24) is 5.32 Å². The fourth-order valence-corrected chi connectivity index (χ4v) is 2.53. The molecule has 2 aromatic carbocycles. The van der Waals surface area contributed by atoms with E-state index in [0.717, 1.165) is 12.8 Å². The second-order valence-electron chi connectivity index (χ2n) is 5.22. The van der Waals surface area contributed by atoms with Gasteiger partial charge in [-0.05, 0) is 50.4 Å². The Morgan fingerprint density at radius 1 is 1.00 bits per heavy atom. The first-order chi connectivity index (χ1) is 9.20. The van der Waals surface area contributed by atoms with Gasteiger partial charge in [0.05, 0.1) is 0 Å². The minimum atomic E-state index is 0.432. The van der Waals surface area contributed by atoms with E-state index in [1.807, 2.05) is 7.05 Å². The van der Waals surface area contributed by atoms with Crippen LogP contribution < -0.4 is 5.32 Å². The summed E-state index contributed by atoms with van der Waals surface area (Å²) < 4.78 is 0.